The van der Waals surface area contributed by atoms with Gasteiger partial charge in [0, 0.05) is 11.1 Å². The SMILES string of the molecule is C=CCc1c(OCCCCOc2ccc(CC(=O)O)cc2Cl)ccc2c(-c3ccccc3)noc12. The molecule has 1 aromatic heterocycles. The summed E-state index contributed by atoms with van der Waals surface area (Å²) in [7, 11) is 0. The normalized spacial score (nSPS) is 10.9. The van der Waals surface area contributed by atoms with Crippen LogP contribution in [0, 0.1) is 0 Å². The van der Waals surface area contributed by atoms with Crippen LogP contribution in [-0.4, -0.2) is 29.4 Å². The molecule has 0 unspecified atom stereocenters. The molecule has 3 aromatic carbocycles. The molecule has 0 aliphatic heterocycles. The molecule has 35 heavy (non-hydrogen) atoms. The van der Waals surface area contributed by atoms with Gasteiger partial charge in [0.25, 0.3) is 0 Å². The van der Waals surface area contributed by atoms with E-state index in [1.807, 2.05) is 48.5 Å². The third-order valence-electron chi connectivity index (χ3n) is 5.50. The van der Waals surface area contributed by atoms with Crippen molar-refractivity contribution in [3.8, 4) is 22.8 Å². The van der Waals surface area contributed by atoms with Gasteiger partial charge in [0.1, 0.15) is 17.2 Å². The van der Waals surface area contributed by atoms with Gasteiger partial charge >= 0.3 is 5.97 Å². The van der Waals surface area contributed by atoms with Gasteiger partial charge in [0.05, 0.1) is 30.0 Å². The van der Waals surface area contributed by atoms with Crippen LogP contribution in [0.2, 0.25) is 5.02 Å². The first-order valence-electron chi connectivity index (χ1n) is 11.4. The average molecular weight is 492 g/mol. The summed E-state index contributed by atoms with van der Waals surface area (Å²) in [6.45, 7) is 4.86. The Kier molecular flexibility index (Phi) is 8.06. The predicted octanol–water partition coefficient (Wildman–Crippen LogP) is 6.74. The first-order valence-corrected chi connectivity index (χ1v) is 11.8. The van der Waals surface area contributed by atoms with Crippen molar-refractivity contribution < 1.29 is 23.9 Å². The second-order valence-electron chi connectivity index (χ2n) is 8.05. The molecule has 1 N–H and O–H groups in total. The van der Waals surface area contributed by atoms with E-state index >= 15 is 0 Å². The van der Waals surface area contributed by atoms with Crippen molar-refractivity contribution in [3.05, 3.63) is 89.5 Å². The van der Waals surface area contributed by atoms with Gasteiger partial charge in [-0.1, -0.05) is 59.2 Å². The van der Waals surface area contributed by atoms with E-state index in [-0.39, 0.29) is 6.42 Å². The molecule has 180 valence electrons. The molecule has 7 heteroatoms. The van der Waals surface area contributed by atoms with Gasteiger partial charge in [-0.05, 0) is 49.1 Å². The lowest BCUT2D eigenvalue weighted by atomic mass is 10.0. The van der Waals surface area contributed by atoms with Gasteiger partial charge in [-0.3, -0.25) is 4.79 Å². The highest BCUT2D eigenvalue weighted by Gasteiger charge is 2.17. The Morgan fingerprint density at radius 2 is 1.74 bits per heavy atom. The minimum absolute atomic E-state index is 0.0708. The Labute approximate surface area is 208 Å². The van der Waals surface area contributed by atoms with Crippen molar-refractivity contribution in [3.63, 3.8) is 0 Å². The number of benzene rings is 3. The maximum Gasteiger partial charge on any atom is 0.307 e. The number of unbranched alkanes of at least 4 members (excludes halogenated alkanes) is 1. The molecule has 0 saturated carbocycles. The van der Waals surface area contributed by atoms with Crippen molar-refractivity contribution in [1.82, 2.24) is 5.16 Å². The van der Waals surface area contributed by atoms with Crippen molar-refractivity contribution in [1.29, 1.82) is 0 Å². The molecule has 4 rings (SSSR count). The van der Waals surface area contributed by atoms with Gasteiger partial charge < -0.3 is 19.1 Å². The molecule has 0 bridgehead atoms. The van der Waals surface area contributed by atoms with Gasteiger partial charge in [-0.2, -0.15) is 0 Å². The van der Waals surface area contributed by atoms with E-state index in [9.17, 15) is 4.79 Å². The van der Waals surface area contributed by atoms with Crippen LogP contribution < -0.4 is 9.47 Å². The van der Waals surface area contributed by atoms with E-state index in [0.29, 0.717) is 41.6 Å². The van der Waals surface area contributed by atoms with Crippen molar-refractivity contribution >= 4 is 28.5 Å². The van der Waals surface area contributed by atoms with Gasteiger partial charge in [0.15, 0.2) is 5.58 Å². The number of carbonyl (C=O) groups is 1. The Morgan fingerprint density at radius 3 is 2.43 bits per heavy atom. The van der Waals surface area contributed by atoms with E-state index in [1.54, 1.807) is 18.2 Å². The number of fused-ring (bicyclic) bond motifs is 1. The maximum atomic E-state index is 10.8. The minimum Gasteiger partial charge on any atom is -0.493 e. The van der Waals surface area contributed by atoms with E-state index in [2.05, 4.69) is 11.7 Å². The Hall–Kier alpha value is -3.77. The van der Waals surface area contributed by atoms with E-state index in [1.165, 1.54) is 0 Å². The van der Waals surface area contributed by atoms with Crippen molar-refractivity contribution in [2.24, 2.45) is 0 Å². The number of aromatic nitrogens is 1. The molecule has 0 atom stereocenters. The van der Waals surface area contributed by atoms with Crippen molar-refractivity contribution in [2.75, 3.05) is 13.2 Å². The molecule has 6 nitrogen and oxygen atoms in total. The van der Waals surface area contributed by atoms with E-state index < -0.39 is 5.97 Å². The number of hydrogen-bond acceptors (Lipinski definition) is 5. The predicted molar refractivity (Wildman–Crippen MR) is 136 cm³/mol. The number of hydrogen-bond donors (Lipinski definition) is 1. The fourth-order valence-corrected chi connectivity index (χ4v) is 4.09. The number of allylic oxidation sites excluding steroid dienone is 1. The number of ether oxygens (including phenoxy) is 2. The van der Waals surface area contributed by atoms with E-state index in [0.717, 1.165) is 40.8 Å². The smallest absolute Gasteiger partial charge is 0.307 e. The van der Waals surface area contributed by atoms with E-state index in [4.69, 9.17) is 30.7 Å². The second-order valence-corrected chi connectivity index (χ2v) is 8.46. The van der Waals surface area contributed by atoms with Gasteiger partial charge in [-0.15, -0.1) is 6.58 Å². The Balaban J connectivity index is 1.33. The number of aliphatic carboxylic acids is 1. The number of carboxylic acid groups (broad SMARTS) is 1. The molecular weight excluding hydrogens is 466 g/mol. The summed E-state index contributed by atoms with van der Waals surface area (Å²) < 4.78 is 17.5. The summed E-state index contributed by atoms with van der Waals surface area (Å²) in [6, 6.07) is 18.9. The largest absolute Gasteiger partial charge is 0.493 e. The third-order valence-corrected chi connectivity index (χ3v) is 5.80. The Morgan fingerprint density at radius 1 is 1.03 bits per heavy atom. The summed E-state index contributed by atoms with van der Waals surface area (Å²) in [4.78, 5) is 10.8. The third kappa shape index (κ3) is 6.03. The summed E-state index contributed by atoms with van der Waals surface area (Å²) in [5.41, 5.74) is 4.09. The maximum absolute atomic E-state index is 10.8. The molecule has 0 aliphatic carbocycles. The summed E-state index contributed by atoms with van der Waals surface area (Å²) in [6.07, 6.45) is 3.92. The van der Waals surface area contributed by atoms with Crippen LogP contribution in [0.1, 0.15) is 24.0 Å². The number of carboxylic acids is 1. The lowest BCUT2D eigenvalue weighted by molar-refractivity contribution is -0.136. The first-order chi connectivity index (χ1) is 17.1. The Bertz CT molecular complexity index is 1320. The van der Waals surface area contributed by atoms with Crippen LogP contribution in [0.15, 0.2) is 77.8 Å². The fourth-order valence-electron chi connectivity index (χ4n) is 3.83. The van der Waals surface area contributed by atoms with Crippen LogP contribution in [-0.2, 0) is 17.6 Å². The molecule has 0 spiro atoms. The zero-order chi connectivity index (χ0) is 24.6. The molecular formula is C28H26ClNO5. The molecule has 0 aliphatic rings. The molecule has 0 saturated heterocycles. The standard InChI is InChI=1S/C28H26ClNO5/c1-2-8-21-24(14-12-22-27(30-35-28(21)22)20-9-4-3-5-10-20)33-15-6-7-16-34-25-13-11-19(17-23(25)29)18-26(31)32/h2-5,9-14,17H,1,6-8,15-16,18H2,(H,31,32). The molecule has 1 heterocycles. The number of rotatable bonds is 12. The molecule has 0 radical (unpaired) electrons. The number of nitrogens with zero attached hydrogens (tertiary/aromatic N) is 1. The molecule has 0 amide bonds. The van der Waals surface area contributed by atoms with Crippen LogP contribution in [0.25, 0.3) is 22.2 Å². The summed E-state index contributed by atoms with van der Waals surface area (Å²) >= 11 is 6.20. The first kappa shape index (κ1) is 24.4. The summed E-state index contributed by atoms with van der Waals surface area (Å²) in [5, 5.41) is 14.5. The van der Waals surface area contributed by atoms with Crippen LogP contribution in [0.4, 0.5) is 0 Å². The highest BCUT2D eigenvalue weighted by Crippen LogP contribution is 2.35. The van der Waals surface area contributed by atoms with Gasteiger partial charge in [0.2, 0.25) is 0 Å². The highest BCUT2D eigenvalue weighted by atomic mass is 35.5. The topological polar surface area (TPSA) is 81.8 Å². The lowest BCUT2D eigenvalue weighted by Crippen LogP contribution is -2.04. The minimum atomic E-state index is -0.898. The second kappa shape index (κ2) is 11.6. The highest BCUT2D eigenvalue weighted by molar-refractivity contribution is 6.32. The zero-order valence-electron chi connectivity index (χ0n) is 19.2. The molecule has 4 aromatic rings. The quantitative estimate of drug-likeness (QED) is 0.174. The van der Waals surface area contributed by atoms with Crippen LogP contribution in [0.5, 0.6) is 11.5 Å². The lowest BCUT2D eigenvalue weighted by Gasteiger charge is -2.12. The monoisotopic (exact) mass is 491 g/mol. The van der Waals surface area contributed by atoms with Crippen LogP contribution in [0.3, 0.4) is 0 Å². The van der Waals surface area contributed by atoms with Crippen LogP contribution >= 0.6 is 11.6 Å². The number of halogens is 1. The fraction of sp³-hybridized carbons (Fsp3) is 0.214. The average Bonchev–Trinajstić information content (AvgIpc) is 3.28. The summed E-state index contributed by atoms with van der Waals surface area (Å²) in [5.74, 6) is 0.399. The van der Waals surface area contributed by atoms with Gasteiger partial charge in [-0.25, -0.2) is 0 Å². The zero-order valence-corrected chi connectivity index (χ0v) is 20.0. The van der Waals surface area contributed by atoms with Crippen molar-refractivity contribution in [2.45, 2.75) is 25.7 Å². The molecule has 0 fully saturated rings.